The van der Waals surface area contributed by atoms with Crippen molar-refractivity contribution in [1.29, 1.82) is 0 Å². The van der Waals surface area contributed by atoms with Crippen LogP contribution in [0.4, 0.5) is 4.39 Å². The smallest absolute Gasteiger partial charge is 0.132 e. The Morgan fingerprint density at radius 1 is 1.33 bits per heavy atom. The number of hydrogen-bond acceptors (Lipinski definition) is 3. The highest BCUT2D eigenvalue weighted by molar-refractivity contribution is 5.79. The maximum Gasteiger partial charge on any atom is 0.132 e. The standard InChI is InChI=1S/C8H6FN3/c9-3-7-6-1-2-10-4-8(6)12-5-11-7/h1-2,4-5H,3H2. The van der Waals surface area contributed by atoms with Crippen LogP contribution in [0, 0.1) is 0 Å². The summed E-state index contributed by atoms with van der Waals surface area (Å²) in [5.41, 5.74) is 1.10. The first-order chi connectivity index (χ1) is 5.92. The van der Waals surface area contributed by atoms with E-state index >= 15 is 0 Å². The van der Waals surface area contributed by atoms with E-state index in [9.17, 15) is 4.39 Å². The maximum atomic E-state index is 12.3. The molecule has 0 aromatic carbocycles. The Kier molecular flexibility index (Phi) is 1.66. The predicted molar refractivity (Wildman–Crippen MR) is 42.1 cm³/mol. The molecule has 0 aliphatic heterocycles. The second-order valence-corrected chi connectivity index (χ2v) is 2.35. The van der Waals surface area contributed by atoms with E-state index in [0.717, 1.165) is 5.39 Å². The Bertz CT molecular complexity index is 397. The van der Waals surface area contributed by atoms with E-state index in [-0.39, 0.29) is 0 Å². The zero-order valence-corrected chi connectivity index (χ0v) is 6.24. The molecular weight excluding hydrogens is 157 g/mol. The van der Waals surface area contributed by atoms with Gasteiger partial charge in [0.15, 0.2) is 0 Å². The Hall–Kier alpha value is -1.58. The van der Waals surface area contributed by atoms with Crippen molar-refractivity contribution in [2.45, 2.75) is 6.67 Å². The van der Waals surface area contributed by atoms with Gasteiger partial charge >= 0.3 is 0 Å². The highest BCUT2D eigenvalue weighted by Gasteiger charge is 2.00. The van der Waals surface area contributed by atoms with Gasteiger partial charge in [0, 0.05) is 11.6 Å². The van der Waals surface area contributed by atoms with E-state index in [4.69, 9.17) is 0 Å². The average molecular weight is 163 g/mol. The van der Waals surface area contributed by atoms with Gasteiger partial charge in [-0.1, -0.05) is 0 Å². The van der Waals surface area contributed by atoms with Crippen molar-refractivity contribution >= 4 is 10.9 Å². The van der Waals surface area contributed by atoms with Crippen LogP contribution in [0.5, 0.6) is 0 Å². The fraction of sp³-hybridized carbons (Fsp3) is 0.125. The van der Waals surface area contributed by atoms with Crippen LogP contribution in [0.15, 0.2) is 24.8 Å². The summed E-state index contributed by atoms with van der Waals surface area (Å²) in [6.45, 7) is -0.566. The van der Waals surface area contributed by atoms with Gasteiger partial charge in [0.05, 0.1) is 17.4 Å². The molecule has 0 radical (unpaired) electrons. The molecular formula is C8H6FN3. The molecule has 0 amide bonds. The van der Waals surface area contributed by atoms with E-state index in [2.05, 4.69) is 15.0 Å². The van der Waals surface area contributed by atoms with E-state index in [1.54, 1.807) is 18.5 Å². The van der Waals surface area contributed by atoms with Crippen molar-refractivity contribution < 1.29 is 4.39 Å². The van der Waals surface area contributed by atoms with Crippen molar-refractivity contribution in [1.82, 2.24) is 15.0 Å². The molecule has 12 heavy (non-hydrogen) atoms. The zero-order chi connectivity index (χ0) is 8.39. The SMILES string of the molecule is FCc1ncnc2cnccc12. The van der Waals surface area contributed by atoms with Gasteiger partial charge in [0.1, 0.15) is 13.0 Å². The van der Waals surface area contributed by atoms with E-state index < -0.39 is 6.67 Å². The monoisotopic (exact) mass is 163 g/mol. The lowest BCUT2D eigenvalue weighted by Crippen LogP contribution is -1.90. The zero-order valence-electron chi connectivity index (χ0n) is 6.24. The fourth-order valence-corrected chi connectivity index (χ4v) is 1.07. The van der Waals surface area contributed by atoms with Crippen LogP contribution < -0.4 is 0 Å². The molecule has 0 bridgehead atoms. The summed E-state index contributed by atoms with van der Waals surface area (Å²) in [6, 6.07) is 1.71. The summed E-state index contributed by atoms with van der Waals surface area (Å²) < 4.78 is 12.3. The highest BCUT2D eigenvalue weighted by Crippen LogP contribution is 2.12. The minimum atomic E-state index is -0.566. The van der Waals surface area contributed by atoms with Crippen LogP contribution in [-0.4, -0.2) is 15.0 Å². The Morgan fingerprint density at radius 2 is 2.25 bits per heavy atom. The summed E-state index contributed by atoms with van der Waals surface area (Å²) in [6.07, 6.45) is 4.54. The molecule has 2 heterocycles. The van der Waals surface area contributed by atoms with Gasteiger partial charge < -0.3 is 0 Å². The molecule has 2 rings (SSSR count). The quantitative estimate of drug-likeness (QED) is 0.639. The van der Waals surface area contributed by atoms with Crippen molar-refractivity contribution in [2.24, 2.45) is 0 Å². The fourth-order valence-electron chi connectivity index (χ4n) is 1.07. The average Bonchev–Trinajstić information content (AvgIpc) is 2.17. The van der Waals surface area contributed by atoms with Gasteiger partial charge in [-0.15, -0.1) is 0 Å². The molecule has 0 fully saturated rings. The number of alkyl halides is 1. The molecule has 0 unspecified atom stereocenters. The van der Waals surface area contributed by atoms with Gasteiger partial charge in [-0.05, 0) is 6.07 Å². The van der Waals surface area contributed by atoms with Gasteiger partial charge in [0.2, 0.25) is 0 Å². The van der Waals surface area contributed by atoms with Crippen LogP contribution in [0.2, 0.25) is 0 Å². The first-order valence-electron chi connectivity index (χ1n) is 3.51. The molecule has 60 valence electrons. The number of hydrogen-bond donors (Lipinski definition) is 0. The van der Waals surface area contributed by atoms with Crippen molar-refractivity contribution in [3.05, 3.63) is 30.5 Å². The lowest BCUT2D eigenvalue weighted by Gasteiger charge is -1.98. The first-order valence-corrected chi connectivity index (χ1v) is 3.51. The normalized spacial score (nSPS) is 10.4. The van der Waals surface area contributed by atoms with Gasteiger partial charge in [-0.2, -0.15) is 0 Å². The molecule has 0 aliphatic rings. The van der Waals surface area contributed by atoms with E-state index in [0.29, 0.717) is 11.2 Å². The molecule has 4 heteroatoms. The van der Waals surface area contributed by atoms with Crippen LogP contribution in [-0.2, 0) is 6.67 Å². The number of pyridine rings is 1. The minimum absolute atomic E-state index is 0.419. The molecule has 2 aromatic heterocycles. The lowest BCUT2D eigenvalue weighted by molar-refractivity contribution is 0.478. The molecule has 0 saturated heterocycles. The summed E-state index contributed by atoms with van der Waals surface area (Å²) in [7, 11) is 0. The second-order valence-electron chi connectivity index (χ2n) is 2.35. The van der Waals surface area contributed by atoms with Crippen molar-refractivity contribution in [3.8, 4) is 0 Å². The summed E-state index contributed by atoms with van der Waals surface area (Å²) in [5, 5.41) is 0.731. The Morgan fingerprint density at radius 3 is 3.08 bits per heavy atom. The van der Waals surface area contributed by atoms with E-state index in [1.807, 2.05) is 0 Å². The van der Waals surface area contributed by atoms with Crippen LogP contribution >= 0.6 is 0 Å². The van der Waals surface area contributed by atoms with Crippen LogP contribution in [0.3, 0.4) is 0 Å². The van der Waals surface area contributed by atoms with Gasteiger partial charge in [0.25, 0.3) is 0 Å². The maximum absolute atomic E-state index is 12.3. The minimum Gasteiger partial charge on any atom is -0.262 e. The van der Waals surface area contributed by atoms with Crippen LogP contribution in [0.25, 0.3) is 10.9 Å². The number of aromatic nitrogens is 3. The topological polar surface area (TPSA) is 38.7 Å². The molecule has 3 nitrogen and oxygen atoms in total. The third-order valence-electron chi connectivity index (χ3n) is 1.65. The van der Waals surface area contributed by atoms with Crippen LogP contribution in [0.1, 0.15) is 5.69 Å². The van der Waals surface area contributed by atoms with Crippen molar-refractivity contribution in [3.63, 3.8) is 0 Å². The lowest BCUT2D eigenvalue weighted by atomic mass is 10.2. The Balaban J connectivity index is 2.79. The largest absolute Gasteiger partial charge is 0.262 e. The summed E-state index contributed by atoms with van der Waals surface area (Å²) in [4.78, 5) is 11.6. The third-order valence-corrected chi connectivity index (χ3v) is 1.65. The molecule has 2 aromatic rings. The van der Waals surface area contributed by atoms with E-state index in [1.165, 1.54) is 6.33 Å². The molecule has 0 saturated carbocycles. The van der Waals surface area contributed by atoms with Gasteiger partial charge in [-0.25, -0.2) is 14.4 Å². The number of rotatable bonds is 1. The Labute approximate surface area is 68.3 Å². The molecule has 0 N–H and O–H groups in total. The number of halogens is 1. The molecule has 0 atom stereocenters. The number of fused-ring (bicyclic) bond motifs is 1. The van der Waals surface area contributed by atoms with Crippen molar-refractivity contribution in [2.75, 3.05) is 0 Å². The predicted octanol–water partition coefficient (Wildman–Crippen LogP) is 1.49. The first kappa shape index (κ1) is 7.09. The molecule has 0 aliphatic carbocycles. The second kappa shape index (κ2) is 2.81. The van der Waals surface area contributed by atoms with Gasteiger partial charge in [-0.3, -0.25) is 4.98 Å². The summed E-state index contributed by atoms with van der Waals surface area (Å²) >= 11 is 0. The number of nitrogens with zero attached hydrogens (tertiary/aromatic N) is 3. The highest BCUT2D eigenvalue weighted by atomic mass is 19.1. The summed E-state index contributed by atoms with van der Waals surface area (Å²) in [5.74, 6) is 0. The molecule has 0 spiro atoms. The third kappa shape index (κ3) is 1.01.